The highest BCUT2D eigenvalue weighted by atomic mass is 16.5. The van der Waals surface area contributed by atoms with Gasteiger partial charge >= 0.3 is 0 Å². The number of rotatable bonds is 8. The molecule has 1 aromatic rings. The number of benzene rings is 1. The van der Waals surface area contributed by atoms with Crippen LogP contribution in [0, 0.1) is 0 Å². The van der Waals surface area contributed by atoms with Crippen LogP contribution in [0.25, 0.3) is 0 Å². The standard InChI is InChI=1S/C14H20N2O4/c1-11(17)15-8-5-9-16-14(18)10-20-13-7-4-3-6-12(13)19-2/h3-4,6-7H,5,8-10H2,1-2H3,(H,15,17)(H,16,18). The summed E-state index contributed by atoms with van der Waals surface area (Å²) in [6.07, 6.45) is 0.681. The summed E-state index contributed by atoms with van der Waals surface area (Å²) in [4.78, 5) is 22.2. The zero-order chi connectivity index (χ0) is 14.8. The average molecular weight is 280 g/mol. The first-order valence-corrected chi connectivity index (χ1v) is 6.40. The van der Waals surface area contributed by atoms with E-state index in [1.165, 1.54) is 6.92 Å². The molecular formula is C14H20N2O4. The fourth-order valence-electron chi connectivity index (χ4n) is 1.51. The number of nitrogens with one attached hydrogen (secondary N) is 2. The van der Waals surface area contributed by atoms with Gasteiger partial charge in [0.1, 0.15) is 0 Å². The molecule has 0 heterocycles. The number of carbonyl (C=O) groups is 2. The second-order valence-electron chi connectivity index (χ2n) is 4.13. The van der Waals surface area contributed by atoms with Gasteiger partial charge in [-0.3, -0.25) is 9.59 Å². The monoisotopic (exact) mass is 280 g/mol. The lowest BCUT2D eigenvalue weighted by Crippen LogP contribution is -2.32. The van der Waals surface area contributed by atoms with E-state index in [0.29, 0.717) is 31.0 Å². The summed E-state index contributed by atoms with van der Waals surface area (Å²) >= 11 is 0. The summed E-state index contributed by atoms with van der Waals surface area (Å²) < 4.78 is 10.5. The van der Waals surface area contributed by atoms with Gasteiger partial charge in [-0.2, -0.15) is 0 Å². The number of hydrogen-bond donors (Lipinski definition) is 2. The van der Waals surface area contributed by atoms with Crippen molar-refractivity contribution in [3.63, 3.8) is 0 Å². The zero-order valence-corrected chi connectivity index (χ0v) is 11.8. The molecule has 0 bridgehead atoms. The van der Waals surface area contributed by atoms with Crippen molar-refractivity contribution < 1.29 is 19.1 Å². The second-order valence-corrected chi connectivity index (χ2v) is 4.13. The van der Waals surface area contributed by atoms with Crippen LogP contribution in [0.3, 0.4) is 0 Å². The second kappa shape index (κ2) is 8.79. The van der Waals surface area contributed by atoms with Gasteiger partial charge in [0.25, 0.3) is 5.91 Å². The van der Waals surface area contributed by atoms with Crippen molar-refractivity contribution in [1.82, 2.24) is 10.6 Å². The minimum absolute atomic E-state index is 0.0689. The number of ether oxygens (including phenoxy) is 2. The van der Waals surface area contributed by atoms with Crippen molar-refractivity contribution in [3.8, 4) is 11.5 Å². The topological polar surface area (TPSA) is 76.7 Å². The van der Waals surface area contributed by atoms with Crippen molar-refractivity contribution in [2.75, 3.05) is 26.8 Å². The Kier molecular flexibility index (Phi) is 6.95. The lowest BCUT2D eigenvalue weighted by atomic mass is 10.3. The van der Waals surface area contributed by atoms with Gasteiger partial charge in [-0.25, -0.2) is 0 Å². The fraction of sp³-hybridized carbons (Fsp3) is 0.429. The first kappa shape index (κ1) is 15.8. The van der Waals surface area contributed by atoms with E-state index in [1.54, 1.807) is 19.2 Å². The van der Waals surface area contributed by atoms with Crippen LogP contribution >= 0.6 is 0 Å². The van der Waals surface area contributed by atoms with Crippen LogP contribution in [0.15, 0.2) is 24.3 Å². The number of carbonyl (C=O) groups excluding carboxylic acids is 2. The highest BCUT2D eigenvalue weighted by molar-refractivity contribution is 5.77. The molecule has 20 heavy (non-hydrogen) atoms. The van der Waals surface area contributed by atoms with E-state index in [2.05, 4.69) is 10.6 Å². The smallest absolute Gasteiger partial charge is 0.257 e. The van der Waals surface area contributed by atoms with Crippen molar-refractivity contribution >= 4 is 11.8 Å². The van der Waals surface area contributed by atoms with Gasteiger partial charge in [0.2, 0.25) is 5.91 Å². The number of methoxy groups -OCH3 is 1. The molecule has 0 aliphatic rings. The Morgan fingerprint density at radius 1 is 1.10 bits per heavy atom. The SMILES string of the molecule is COc1ccccc1OCC(=O)NCCCNC(C)=O. The Morgan fingerprint density at radius 2 is 1.75 bits per heavy atom. The first-order valence-electron chi connectivity index (χ1n) is 6.40. The van der Waals surface area contributed by atoms with Crippen LogP contribution in [0.5, 0.6) is 11.5 Å². The van der Waals surface area contributed by atoms with Gasteiger partial charge in [-0.15, -0.1) is 0 Å². The molecule has 0 saturated carbocycles. The van der Waals surface area contributed by atoms with E-state index in [1.807, 2.05) is 12.1 Å². The van der Waals surface area contributed by atoms with Gasteiger partial charge in [-0.05, 0) is 18.6 Å². The van der Waals surface area contributed by atoms with E-state index >= 15 is 0 Å². The molecule has 0 saturated heterocycles. The van der Waals surface area contributed by atoms with E-state index < -0.39 is 0 Å². The molecule has 1 aromatic carbocycles. The highest BCUT2D eigenvalue weighted by Gasteiger charge is 2.06. The quantitative estimate of drug-likeness (QED) is 0.688. The fourth-order valence-corrected chi connectivity index (χ4v) is 1.51. The van der Waals surface area contributed by atoms with Gasteiger partial charge in [0.15, 0.2) is 18.1 Å². The molecule has 6 heteroatoms. The van der Waals surface area contributed by atoms with Gasteiger partial charge in [-0.1, -0.05) is 12.1 Å². The average Bonchev–Trinajstić information content (AvgIpc) is 2.44. The molecule has 0 aliphatic heterocycles. The minimum Gasteiger partial charge on any atom is -0.493 e. The summed E-state index contributed by atoms with van der Waals surface area (Å²) in [5, 5.41) is 5.36. The van der Waals surface area contributed by atoms with Crippen LogP contribution in [0.4, 0.5) is 0 Å². The van der Waals surface area contributed by atoms with Crippen LogP contribution < -0.4 is 20.1 Å². The number of amides is 2. The largest absolute Gasteiger partial charge is 0.493 e. The molecular weight excluding hydrogens is 260 g/mol. The summed E-state index contributed by atoms with van der Waals surface area (Å²) in [6, 6.07) is 7.14. The molecule has 0 radical (unpaired) electrons. The minimum atomic E-state index is -0.210. The Bertz CT molecular complexity index is 449. The maximum absolute atomic E-state index is 11.5. The van der Waals surface area contributed by atoms with Gasteiger partial charge in [0.05, 0.1) is 7.11 Å². The van der Waals surface area contributed by atoms with E-state index in [0.717, 1.165) is 0 Å². The Morgan fingerprint density at radius 3 is 2.40 bits per heavy atom. The van der Waals surface area contributed by atoms with Crippen molar-refractivity contribution in [2.24, 2.45) is 0 Å². The maximum atomic E-state index is 11.5. The highest BCUT2D eigenvalue weighted by Crippen LogP contribution is 2.25. The van der Waals surface area contributed by atoms with Crippen LogP contribution in [-0.4, -0.2) is 38.6 Å². The molecule has 0 unspecified atom stereocenters. The summed E-state index contributed by atoms with van der Waals surface area (Å²) in [5.74, 6) is 0.837. The summed E-state index contributed by atoms with van der Waals surface area (Å²) in [6.45, 7) is 2.43. The van der Waals surface area contributed by atoms with E-state index in [9.17, 15) is 9.59 Å². The van der Waals surface area contributed by atoms with Crippen LogP contribution in [-0.2, 0) is 9.59 Å². The molecule has 0 aromatic heterocycles. The van der Waals surface area contributed by atoms with E-state index in [-0.39, 0.29) is 18.4 Å². The van der Waals surface area contributed by atoms with Crippen molar-refractivity contribution in [2.45, 2.75) is 13.3 Å². The third-order valence-electron chi connectivity index (χ3n) is 2.48. The van der Waals surface area contributed by atoms with E-state index in [4.69, 9.17) is 9.47 Å². The molecule has 2 amide bonds. The predicted octanol–water partition coefficient (Wildman–Crippen LogP) is 0.716. The summed E-state index contributed by atoms with van der Waals surface area (Å²) in [7, 11) is 1.55. The van der Waals surface area contributed by atoms with Crippen molar-refractivity contribution in [1.29, 1.82) is 0 Å². The van der Waals surface area contributed by atoms with Gasteiger partial charge < -0.3 is 20.1 Å². The normalized spacial score (nSPS) is 9.70. The molecule has 0 spiro atoms. The number of para-hydroxylation sites is 2. The van der Waals surface area contributed by atoms with Crippen molar-refractivity contribution in [3.05, 3.63) is 24.3 Å². The maximum Gasteiger partial charge on any atom is 0.257 e. The molecule has 6 nitrogen and oxygen atoms in total. The number of hydrogen-bond acceptors (Lipinski definition) is 4. The lowest BCUT2D eigenvalue weighted by molar-refractivity contribution is -0.123. The summed E-state index contributed by atoms with van der Waals surface area (Å²) in [5.41, 5.74) is 0. The third-order valence-corrected chi connectivity index (χ3v) is 2.48. The zero-order valence-electron chi connectivity index (χ0n) is 11.8. The Labute approximate surface area is 118 Å². The first-order chi connectivity index (χ1) is 9.63. The third kappa shape index (κ3) is 6.08. The predicted molar refractivity (Wildman–Crippen MR) is 74.8 cm³/mol. The molecule has 0 atom stereocenters. The van der Waals surface area contributed by atoms with Gasteiger partial charge in [0, 0.05) is 20.0 Å². The van der Waals surface area contributed by atoms with Crippen LogP contribution in [0.1, 0.15) is 13.3 Å². The Hall–Kier alpha value is -2.24. The molecule has 1 rings (SSSR count). The molecule has 2 N–H and O–H groups in total. The molecule has 0 fully saturated rings. The lowest BCUT2D eigenvalue weighted by Gasteiger charge is -2.10. The Balaban J connectivity index is 2.21. The molecule has 110 valence electrons. The van der Waals surface area contributed by atoms with Crippen LogP contribution in [0.2, 0.25) is 0 Å². The molecule has 0 aliphatic carbocycles.